The van der Waals surface area contributed by atoms with Gasteiger partial charge >= 0.3 is 5.92 Å². The third kappa shape index (κ3) is 3.08. The Labute approximate surface area is 98.6 Å². The molecule has 0 heterocycles. The minimum Gasteiger partial charge on any atom is -0.287 e. The zero-order valence-electron chi connectivity index (χ0n) is 10.3. The minimum absolute atomic E-state index is 0.328. The summed E-state index contributed by atoms with van der Waals surface area (Å²) in [5.74, 6) is -5.96. The fourth-order valence-corrected chi connectivity index (χ4v) is 1.40. The van der Waals surface area contributed by atoms with Gasteiger partial charge in [0.15, 0.2) is 0 Å². The molecule has 0 saturated carbocycles. The lowest BCUT2D eigenvalue weighted by Crippen LogP contribution is -2.26. The molecule has 0 atom stereocenters. The maximum atomic E-state index is 13.4. The van der Waals surface area contributed by atoms with Gasteiger partial charge in [0, 0.05) is 6.92 Å². The highest BCUT2D eigenvalue weighted by molar-refractivity contribution is 6.01. The van der Waals surface area contributed by atoms with E-state index in [0.717, 1.165) is 6.07 Å². The predicted octanol–water partition coefficient (Wildman–Crippen LogP) is 3.96. The van der Waals surface area contributed by atoms with E-state index in [1.165, 1.54) is 12.1 Å². The smallest absolute Gasteiger partial charge is 0.287 e. The first-order valence-corrected chi connectivity index (χ1v) is 5.26. The van der Waals surface area contributed by atoms with Crippen LogP contribution in [0.5, 0.6) is 0 Å². The lowest BCUT2D eigenvalue weighted by atomic mass is 9.85. The summed E-state index contributed by atoms with van der Waals surface area (Å²) in [5.41, 5.74) is -0.234. The number of halogens is 3. The molecule has 94 valence electrons. The second-order valence-corrected chi connectivity index (χ2v) is 5.16. The van der Waals surface area contributed by atoms with E-state index in [0.29, 0.717) is 12.5 Å². The topological polar surface area (TPSA) is 17.1 Å². The molecule has 0 fully saturated rings. The highest BCUT2D eigenvalue weighted by Crippen LogP contribution is 2.27. The monoisotopic (exact) mass is 244 g/mol. The van der Waals surface area contributed by atoms with E-state index in [2.05, 4.69) is 0 Å². The standard InChI is InChI=1S/C13H15F3O/c1-12(2,3)8-5-6-10(14)9(7-8)11(17)13(4,15)16/h5-7H,1-4H3. The summed E-state index contributed by atoms with van der Waals surface area (Å²) in [4.78, 5) is 11.4. The Morgan fingerprint density at radius 2 is 1.65 bits per heavy atom. The van der Waals surface area contributed by atoms with Gasteiger partial charge in [0.25, 0.3) is 0 Å². The second kappa shape index (κ2) is 4.17. The number of benzene rings is 1. The Morgan fingerprint density at radius 1 is 1.12 bits per heavy atom. The van der Waals surface area contributed by atoms with Crippen LogP contribution >= 0.6 is 0 Å². The zero-order chi connectivity index (χ0) is 13.4. The molecule has 1 nitrogen and oxygen atoms in total. The van der Waals surface area contributed by atoms with Crippen LogP contribution in [0.25, 0.3) is 0 Å². The summed E-state index contributed by atoms with van der Waals surface area (Å²) in [5, 5.41) is 0. The number of carbonyl (C=O) groups is 1. The third-order valence-electron chi connectivity index (χ3n) is 2.48. The van der Waals surface area contributed by atoms with Crippen molar-refractivity contribution < 1.29 is 18.0 Å². The molecule has 0 N–H and O–H groups in total. The van der Waals surface area contributed by atoms with Crippen LogP contribution in [-0.4, -0.2) is 11.7 Å². The SMILES string of the molecule is CC(F)(F)C(=O)c1cc(C(C)(C)C)ccc1F. The molecular weight excluding hydrogens is 229 g/mol. The van der Waals surface area contributed by atoms with E-state index >= 15 is 0 Å². The Kier molecular flexibility index (Phi) is 3.37. The van der Waals surface area contributed by atoms with Crippen molar-refractivity contribution >= 4 is 5.78 Å². The quantitative estimate of drug-likeness (QED) is 0.719. The number of Topliss-reactive ketones (excluding diaryl/α,β-unsaturated/α-hetero) is 1. The first-order valence-electron chi connectivity index (χ1n) is 5.26. The van der Waals surface area contributed by atoms with Gasteiger partial charge in [-0.1, -0.05) is 26.8 Å². The van der Waals surface area contributed by atoms with Crippen molar-refractivity contribution in [2.24, 2.45) is 0 Å². The van der Waals surface area contributed by atoms with Gasteiger partial charge in [0.2, 0.25) is 5.78 Å². The van der Waals surface area contributed by atoms with E-state index in [9.17, 15) is 18.0 Å². The first kappa shape index (κ1) is 13.7. The molecule has 0 aliphatic heterocycles. The largest absolute Gasteiger partial charge is 0.307 e. The van der Waals surface area contributed by atoms with Crippen molar-refractivity contribution in [3.63, 3.8) is 0 Å². The summed E-state index contributed by atoms with van der Waals surface area (Å²) in [6.45, 7) is 6.05. The summed E-state index contributed by atoms with van der Waals surface area (Å²) in [7, 11) is 0. The van der Waals surface area contributed by atoms with E-state index < -0.39 is 23.1 Å². The summed E-state index contributed by atoms with van der Waals surface area (Å²) in [6, 6.07) is 3.76. The lowest BCUT2D eigenvalue weighted by molar-refractivity contribution is 0.0217. The van der Waals surface area contributed by atoms with Crippen LogP contribution in [0.15, 0.2) is 18.2 Å². The maximum absolute atomic E-state index is 13.4. The van der Waals surface area contributed by atoms with Gasteiger partial charge in [0.1, 0.15) is 5.82 Å². The Hall–Kier alpha value is -1.32. The Morgan fingerprint density at radius 3 is 2.06 bits per heavy atom. The average Bonchev–Trinajstić information content (AvgIpc) is 2.14. The van der Waals surface area contributed by atoms with Crippen LogP contribution < -0.4 is 0 Å². The van der Waals surface area contributed by atoms with Gasteiger partial charge in [0.05, 0.1) is 5.56 Å². The molecule has 0 spiro atoms. The number of carbonyl (C=O) groups excluding carboxylic acids is 1. The summed E-state index contributed by atoms with van der Waals surface area (Å²) in [6.07, 6.45) is 0. The average molecular weight is 244 g/mol. The molecule has 0 saturated heterocycles. The van der Waals surface area contributed by atoms with Gasteiger partial charge in [-0.25, -0.2) is 4.39 Å². The molecular formula is C13H15F3O. The van der Waals surface area contributed by atoms with Crippen LogP contribution in [0.3, 0.4) is 0 Å². The van der Waals surface area contributed by atoms with Gasteiger partial charge in [-0.05, 0) is 23.1 Å². The number of ketones is 1. The van der Waals surface area contributed by atoms with Gasteiger partial charge in [-0.2, -0.15) is 8.78 Å². The van der Waals surface area contributed by atoms with Crippen molar-refractivity contribution in [2.45, 2.75) is 39.0 Å². The zero-order valence-corrected chi connectivity index (χ0v) is 10.3. The van der Waals surface area contributed by atoms with E-state index in [4.69, 9.17) is 0 Å². The van der Waals surface area contributed by atoms with Crippen molar-refractivity contribution in [3.05, 3.63) is 35.1 Å². The van der Waals surface area contributed by atoms with Crippen LogP contribution in [0.1, 0.15) is 43.6 Å². The number of rotatable bonds is 2. The third-order valence-corrected chi connectivity index (χ3v) is 2.48. The van der Waals surface area contributed by atoms with Crippen LogP contribution in [0.4, 0.5) is 13.2 Å². The number of hydrogen-bond acceptors (Lipinski definition) is 1. The van der Waals surface area contributed by atoms with E-state index in [-0.39, 0.29) is 5.41 Å². The van der Waals surface area contributed by atoms with Crippen LogP contribution in [0.2, 0.25) is 0 Å². The molecule has 0 aliphatic rings. The van der Waals surface area contributed by atoms with Gasteiger partial charge < -0.3 is 0 Å². The molecule has 1 aromatic carbocycles. The molecule has 0 aromatic heterocycles. The summed E-state index contributed by atoms with van der Waals surface area (Å²) >= 11 is 0. The molecule has 0 bridgehead atoms. The molecule has 0 aliphatic carbocycles. The molecule has 1 aromatic rings. The van der Waals surface area contributed by atoms with Crippen molar-refractivity contribution in [2.75, 3.05) is 0 Å². The fraction of sp³-hybridized carbons (Fsp3) is 0.462. The Bertz CT molecular complexity index is 439. The number of hydrogen-bond donors (Lipinski definition) is 0. The van der Waals surface area contributed by atoms with E-state index in [1.807, 2.05) is 20.8 Å². The number of alkyl halides is 2. The highest BCUT2D eigenvalue weighted by Gasteiger charge is 2.35. The molecule has 0 amide bonds. The molecule has 17 heavy (non-hydrogen) atoms. The van der Waals surface area contributed by atoms with Crippen LogP contribution in [0, 0.1) is 5.82 Å². The van der Waals surface area contributed by atoms with Crippen molar-refractivity contribution in [3.8, 4) is 0 Å². The minimum atomic E-state index is -3.56. The van der Waals surface area contributed by atoms with Gasteiger partial charge in [-0.3, -0.25) is 4.79 Å². The lowest BCUT2D eigenvalue weighted by Gasteiger charge is -2.20. The van der Waals surface area contributed by atoms with Crippen LogP contribution in [-0.2, 0) is 5.41 Å². The maximum Gasteiger partial charge on any atom is 0.307 e. The molecule has 0 radical (unpaired) electrons. The summed E-state index contributed by atoms with van der Waals surface area (Å²) < 4.78 is 39.2. The van der Waals surface area contributed by atoms with Crippen molar-refractivity contribution in [1.82, 2.24) is 0 Å². The van der Waals surface area contributed by atoms with E-state index in [1.54, 1.807) is 0 Å². The predicted molar refractivity (Wildman–Crippen MR) is 60.1 cm³/mol. The molecule has 4 heteroatoms. The highest BCUT2D eigenvalue weighted by atomic mass is 19.3. The molecule has 1 rings (SSSR count). The normalized spacial score (nSPS) is 12.6. The second-order valence-electron chi connectivity index (χ2n) is 5.16. The molecule has 0 unspecified atom stereocenters. The van der Waals surface area contributed by atoms with Gasteiger partial charge in [-0.15, -0.1) is 0 Å². The first-order chi connectivity index (χ1) is 7.53. The fourth-order valence-electron chi connectivity index (χ4n) is 1.40. The van der Waals surface area contributed by atoms with Crippen molar-refractivity contribution in [1.29, 1.82) is 0 Å². The Balaban J connectivity index is 3.30.